The first-order valence-corrected chi connectivity index (χ1v) is 7.20. The standard InChI is InChI=1S/C15H15N3S/c1-2-18(15-8-10-19-17-15)11-12-5-3-7-14-13(12)6-4-9-16-14/h3-10H,2,11H2,1H3. The average molecular weight is 269 g/mol. The minimum atomic E-state index is 0.864. The summed E-state index contributed by atoms with van der Waals surface area (Å²) >= 11 is 1.49. The maximum Gasteiger partial charge on any atom is 0.142 e. The lowest BCUT2D eigenvalue weighted by atomic mass is 10.1. The minimum Gasteiger partial charge on any atom is -0.352 e. The highest BCUT2D eigenvalue weighted by Gasteiger charge is 2.09. The zero-order chi connectivity index (χ0) is 13.1. The molecule has 3 nitrogen and oxygen atoms in total. The molecule has 0 bridgehead atoms. The highest BCUT2D eigenvalue weighted by atomic mass is 32.1. The molecule has 0 aliphatic carbocycles. The van der Waals surface area contributed by atoms with Crippen LogP contribution in [0.4, 0.5) is 5.82 Å². The second-order valence-electron chi connectivity index (χ2n) is 4.36. The number of aromatic nitrogens is 2. The van der Waals surface area contributed by atoms with E-state index in [-0.39, 0.29) is 0 Å². The molecule has 0 saturated carbocycles. The Balaban J connectivity index is 1.96. The minimum absolute atomic E-state index is 0.864. The SMILES string of the molecule is CCN(Cc1cccc2ncccc12)c1ccsn1. The van der Waals surface area contributed by atoms with Gasteiger partial charge in [0.05, 0.1) is 5.52 Å². The molecule has 19 heavy (non-hydrogen) atoms. The average Bonchev–Trinajstić information content (AvgIpc) is 2.99. The molecule has 1 aromatic carbocycles. The van der Waals surface area contributed by atoms with E-state index in [9.17, 15) is 0 Å². The molecule has 96 valence electrons. The van der Waals surface area contributed by atoms with Crippen LogP contribution < -0.4 is 4.90 Å². The fourth-order valence-electron chi connectivity index (χ4n) is 2.23. The smallest absolute Gasteiger partial charge is 0.142 e. The molecule has 0 atom stereocenters. The molecule has 3 rings (SSSR count). The van der Waals surface area contributed by atoms with Gasteiger partial charge in [0.1, 0.15) is 5.82 Å². The largest absolute Gasteiger partial charge is 0.352 e. The third kappa shape index (κ3) is 2.44. The van der Waals surface area contributed by atoms with Gasteiger partial charge in [-0.2, -0.15) is 4.37 Å². The lowest BCUT2D eigenvalue weighted by Crippen LogP contribution is -2.22. The topological polar surface area (TPSA) is 29.0 Å². The van der Waals surface area contributed by atoms with Gasteiger partial charge in [-0.25, -0.2) is 0 Å². The van der Waals surface area contributed by atoms with E-state index in [1.54, 1.807) is 0 Å². The van der Waals surface area contributed by atoms with Crippen LogP contribution in [0, 0.1) is 0 Å². The molecule has 0 spiro atoms. The van der Waals surface area contributed by atoms with Gasteiger partial charge in [0.15, 0.2) is 0 Å². The number of benzene rings is 1. The van der Waals surface area contributed by atoms with E-state index in [4.69, 9.17) is 0 Å². The first-order valence-electron chi connectivity index (χ1n) is 6.36. The Bertz CT molecular complexity index is 659. The summed E-state index contributed by atoms with van der Waals surface area (Å²) in [5.41, 5.74) is 2.34. The number of hydrogen-bond donors (Lipinski definition) is 0. The van der Waals surface area contributed by atoms with Crippen LogP contribution in [0.3, 0.4) is 0 Å². The molecule has 2 heterocycles. The summed E-state index contributed by atoms with van der Waals surface area (Å²) in [6.45, 7) is 3.96. The van der Waals surface area contributed by atoms with Crippen molar-refractivity contribution >= 4 is 28.3 Å². The van der Waals surface area contributed by atoms with Crippen LogP contribution in [0.15, 0.2) is 48.0 Å². The Kier molecular flexibility index (Phi) is 3.42. The molecular weight excluding hydrogens is 254 g/mol. The van der Waals surface area contributed by atoms with Crippen LogP contribution in [-0.2, 0) is 6.54 Å². The van der Waals surface area contributed by atoms with Gasteiger partial charge in [-0.15, -0.1) is 0 Å². The third-order valence-electron chi connectivity index (χ3n) is 3.23. The summed E-state index contributed by atoms with van der Waals surface area (Å²) in [7, 11) is 0. The Morgan fingerprint density at radius 2 is 2.11 bits per heavy atom. The molecule has 3 aromatic rings. The Hall–Kier alpha value is -1.94. The van der Waals surface area contributed by atoms with Gasteiger partial charge in [0, 0.05) is 30.1 Å². The Labute approximate surface area is 116 Å². The van der Waals surface area contributed by atoms with Gasteiger partial charge in [-0.3, -0.25) is 4.98 Å². The molecule has 0 aliphatic heterocycles. The zero-order valence-electron chi connectivity index (χ0n) is 10.8. The van der Waals surface area contributed by atoms with E-state index in [2.05, 4.69) is 51.5 Å². The summed E-state index contributed by atoms with van der Waals surface area (Å²) in [6, 6.07) is 12.5. The van der Waals surface area contributed by atoms with E-state index in [0.717, 1.165) is 24.4 Å². The van der Waals surface area contributed by atoms with E-state index in [0.29, 0.717) is 0 Å². The fraction of sp³-hybridized carbons (Fsp3) is 0.200. The summed E-state index contributed by atoms with van der Waals surface area (Å²) in [6.07, 6.45) is 1.84. The molecule has 0 aliphatic rings. The second-order valence-corrected chi connectivity index (χ2v) is 5.02. The highest BCUT2D eigenvalue weighted by Crippen LogP contribution is 2.21. The van der Waals surface area contributed by atoms with Crippen LogP contribution in [0.5, 0.6) is 0 Å². The first-order chi connectivity index (χ1) is 9.38. The third-order valence-corrected chi connectivity index (χ3v) is 3.78. The van der Waals surface area contributed by atoms with Crippen LogP contribution in [0.1, 0.15) is 12.5 Å². The predicted molar refractivity (Wildman–Crippen MR) is 80.6 cm³/mol. The summed E-state index contributed by atoms with van der Waals surface area (Å²) < 4.78 is 4.42. The number of hydrogen-bond acceptors (Lipinski definition) is 4. The second kappa shape index (κ2) is 5.36. The van der Waals surface area contributed by atoms with Crippen molar-refractivity contribution in [2.45, 2.75) is 13.5 Å². The van der Waals surface area contributed by atoms with Crippen molar-refractivity contribution in [1.82, 2.24) is 9.36 Å². The molecule has 0 unspecified atom stereocenters. The summed E-state index contributed by atoms with van der Waals surface area (Å²) in [5.74, 6) is 1.05. The number of nitrogens with zero attached hydrogens (tertiary/aromatic N) is 3. The molecule has 0 amide bonds. The summed E-state index contributed by atoms with van der Waals surface area (Å²) in [5, 5.41) is 3.24. The number of fused-ring (bicyclic) bond motifs is 1. The molecule has 0 saturated heterocycles. The van der Waals surface area contributed by atoms with Crippen molar-refractivity contribution in [3.63, 3.8) is 0 Å². The molecule has 0 N–H and O–H groups in total. The van der Waals surface area contributed by atoms with E-state index in [1.807, 2.05) is 17.6 Å². The number of anilines is 1. The quantitative estimate of drug-likeness (QED) is 0.723. The number of pyridine rings is 1. The molecular formula is C15H15N3S. The maximum atomic E-state index is 4.42. The van der Waals surface area contributed by atoms with Crippen LogP contribution >= 0.6 is 11.5 Å². The van der Waals surface area contributed by atoms with Crippen molar-refractivity contribution in [3.8, 4) is 0 Å². The van der Waals surface area contributed by atoms with Crippen LogP contribution in [0.2, 0.25) is 0 Å². The lowest BCUT2D eigenvalue weighted by molar-refractivity contribution is 0.825. The van der Waals surface area contributed by atoms with Crippen molar-refractivity contribution in [2.24, 2.45) is 0 Å². The van der Waals surface area contributed by atoms with E-state index >= 15 is 0 Å². The van der Waals surface area contributed by atoms with Crippen molar-refractivity contribution in [2.75, 3.05) is 11.4 Å². The van der Waals surface area contributed by atoms with Gasteiger partial charge < -0.3 is 4.90 Å². The normalized spacial score (nSPS) is 10.8. The van der Waals surface area contributed by atoms with Gasteiger partial charge in [0.25, 0.3) is 0 Å². The zero-order valence-corrected chi connectivity index (χ0v) is 11.6. The first kappa shape index (κ1) is 12.1. The highest BCUT2D eigenvalue weighted by molar-refractivity contribution is 7.03. The molecule has 2 aromatic heterocycles. The summed E-state index contributed by atoms with van der Waals surface area (Å²) in [4.78, 5) is 6.68. The lowest BCUT2D eigenvalue weighted by Gasteiger charge is -2.21. The fourth-order valence-corrected chi connectivity index (χ4v) is 2.76. The van der Waals surface area contributed by atoms with Crippen molar-refractivity contribution in [1.29, 1.82) is 0 Å². The Morgan fingerprint density at radius 1 is 1.16 bits per heavy atom. The Morgan fingerprint density at radius 3 is 2.89 bits per heavy atom. The van der Waals surface area contributed by atoms with Crippen LogP contribution in [0.25, 0.3) is 10.9 Å². The monoisotopic (exact) mass is 269 g/mol. The van der Waals surface area contributed by atoms with Gasteiger partial charge in [-0.1, -0.05) is 18.2 Å². The molecule has 0 fully saturated rings. The maximum absolute atomic E-state index is 4.42. The van der Waals surface area contributed by atoms with Crippen LogP contribution in [-0.4, -0.2) is 15.9 Å². The molecule has 4 heteroatoms. The van der Waals surface area contributed by atoms with Crippen molar-refractivity contribution < 1.29 is 0 Å². The van der Waals surface area contributed by atoms with E-state index < -0.39 is 0 Å². The van der Waals surface area contributed by atoms with Gasteiger partial charge in [0.2, 0.25) is 0 Å². The molecule has 0 radical (unpaired) electrons. The van der Waals surface area contributed by atoms with E-state index in [1.165, 1.54) is 22.5 Å². The number of rotatable bonds is 4. The van der Waals surface area contributed by atoms with Gasteiger partial charge >= 0.3 is 0 Å². The predicted octanol–water partition coefficient (Wildman–Crippen LogP) is 3.72. The van der Waals surface area contributed by atoms with Crippen molar-refractivity contribution in [3.05, 3.63) is 53.5 Å². The van der Waals surface area contributed by atoms with Gasteiger partial charge in [-0.05, 0) is 42.2 Å².